The zero-order chi connectivity index (χ0) is 9.78. The van der Waals surface area contributed by atoms with E-state index in [1.165, 1.54) is 50.6 Å². The second kappa shape index (κ2) is 12.4. The van der Waals surface area contributed by atoms with E-state index in [4.69, 9.17) is 4.12 Å². The predicted molar refractivity (Wildman–Crippen MR) is 61.3 cm³/mol. The fourth-order valence-electron chi connectivity index (χ4n) is 1.05. The smallest absolute Gasteiger partial charge is 0.214 e. The molecule has 0 heterocycles. The van der Waals surface area contributed by atoms with Crippen molar-refractivity contribution >= 4 is 19.5 Å². The van der Waals surface area contributed by atoms with Crippen LogP contribution in [-0.2, 0) is 4.12 Å². The summed E-state index contributed by atoms with van der Waals surface area (Å²) in [6.07, 6.45) is 8.10. The third-order valence-corrected chi connectivity index (χ3v) is 4.18. The van der Waals surface area contributed by atoms with E-state index in [0.29, 0.717) is 0 Å². The van der Waals surface area contributed by atoms with Gasteiger partial charge in [-0.1, -0.05) is 52.4 Å². The number of unbranched alkanes of at least 4 members (excludes halogenated alkanes) is 4. The zero-order valence-corrected chi connectivity index (χ0v) is 11.1. The zero-order valence-electron chi connectivity index (χ0n) is 9.07. The first kappa shape index (κ1) is 13.4. The standard InChI is InChI=1S/C10H22OSi2/c1-3-5-7-9-12-11-13-10-8-6-4-2/h3-10H2,1-2H3. The Morgan fingerprint density at radius 2 is 1.23 bits per heavy atom. The highest BCUT2D eigenvalue weighted by atomic mass is 28.3. The van der Waals surface area contributed by atoms with Crippen LogP contribution in [0.2, 0.25) is 12.1 Å². The Labute approximate surface area is 88.5 Å². The average Bonchev–Trinajstić information content (AvgIpc) is 2.16. The largest absolute Gasteiger partial charge is 0.457 e. The number of hydrogen-bond acceptors (Lipinski definition) is 1. The van der Waals surface area contributed by atoms with Crippen LogP contribution in [0.1, 0.15) is 52.4 Å². The Bertz CT molecular complexity index is 79.0. The van der Waals surface area contributed by atoms with Gasteiger partial charge in [-0.15, -0.1) is 0 Å². The van der Waals surface area contributed by atoms with E-state index in [-0.39, 0.29) is 0 Å². The lowest BCUT2D eigenvalue weighted by Crippen LogP contribution is -2.03. The molecule has 0 fully saturated rings. The van der Waals surface area contributed by atoms with Crippen molar-refractivity contribution in [3.63, 3.8) is 0 Å². The summed E-state index contributed by atoms with van der Waals surface area (Å²) >= 11 is 0. The SMILES string of the molecule is CCCCC[Si]O[Si]CCCCC. The maximum Gasteiger partial charge on any atom is 0.214 e. The molecule has 0 aromatic carbocycles. The van der Waals surface area contributed by atoms with Crippen molar-refractivity contribution in [1.82, 2.24) is 0 Å². The van der Waals surface area contributed by atoms with Crippen LogP contribution in [0.15, 0.2) is 0 Å². The molecule has 0 saturated heterocycles. The minimum Gasteiger partial charge on any atom is -0.457 e. The molecular formula is C10H22OSi2. The van der Waals surface area contributed by atoms with Crippen molar-refractivity contribution in [1.29, 1.82) is 0 Å². The highest BCUT2D eigenvalue weighted by Gasteiger charge is 1.94. The summed E-state index contributed by atoms with van der Waals surface area (Å²) in [4.78, 5) is 0. The molecule has 1 nitrogen and oxygen atoms in total. The van der Waals surface area contributed by atoms with Gasteiger partial charge in [0.1, 0.15) is 0 Å². The molecule has 0 aliphatic heterocycles. The average molecular weight is 214 g/mol. The maximum atomic E-state index is 5.58. The Morgan fingerprint density at radius 3 is 1.62 bits per heavy atom. The van der Waals surface area contributed by atoms with Crippen LogP contribution in [0.5, 0.6) is 0 Å². The van der Waals surface area contributed by atoms with E-state index < -0.39 is 0 Å². The van der Waals surface area contributed by atoms with Gasteiger partial charge in [0, 0.05) is 0 Å². The Balaban J connectivity index is 2.76. The molecule has 13 heavy (non-hydrogen) atoms. The molecule has 0 atom stereocenters. The van der Waals surface area contributed by atoms with Crippen LogP contribution in [0.25, 0.3) is 0 Å². The number of rotatable bonds is 10. The number of hydrogen-bond donors (Lipinski definition) is 0. The predicted octanol–water partition coefficient (Wildman–Crippen LogP) is 3.46. The monoisotopic (exact) mass is 214 g/mol. The van der Waals surface area contributed by atoms with Crippen molar-refractivity contribution in [2.45, 2.75) is 64.5 Å². The summed E-state index contributed by atoms with van der Waals surface area (Å²) in [7, 11) is 1.53. The molecule has 76 valence electrons. The van der Waals surface area contributed by atoms with Crippen molar-refractivity contribution in [3.05, 3.63) is 0 Å². The minimum atomic E-state index is 0.766. The van der Waals surface area contributed by atoms with Crippen LogP contribution in [0.3, 0.4) is 0 Å². The van der Waals surface area contributed by atoms with E-state index in [9.17, 15) is 0 Å². The minimum absolute atomic E-state index is 0.766. The molecule has 0 spiro atoms. The summed E-state index contributed by atoms with van der Waals surface area (Å²) in [6, 6.07) is 2.57. The summed E-state index contributed by atoms with van der Waals surface area (Å²) in [5.41, 5.74) is 0. The van der Waals surface area contributed by atoms with E-state index in [2.05, 4.69) is 13.8 Å². The normalized spacial score (nSPS) is 10.6. The topological polar surface area (TPSA) is 9.23 Å². The van der Waals surface area contributed by atoms with Crippen LogP contribution in [0.4, 0.5) is 0 Å². The lowest BCUT2D eigenvalue weighted by Gasteiger charge is -2.00. The summed E-state index contributed by atoms with van der Waals surface area (Å²) in [5.74, 6) is 0. The fraction of sp³-hybridized carbons (Fsp3) is 1.00. The van der Waals surface area contributed by atoms with Crippen molar-refractivity contribution in [2.24, 2.45) is 0 Å². The van der Waals surface area contributed by atoms with Gasteiger partial charge in [-0.05, 0) is 12.1 Å². The maximum absolute atomic E-state index is 5.58. The van der Waals surface area contributed by atoms with E-state index in [1.807, 2.05) is 0 Å². The van der Waals surface area contributed by atoms with E-state index in [0.717, 1.165) is 19.5 Å². The van der Waals surface area contributed by atoms with Gasteiger partial charge in [0.15, 0.2) is 0 Å². The first-order valence-corrected chi connectivity index (χ1v) is 7.76. The molecule has 0 rings (SSSR count). The Hall–Kier alpha value is 0.394. The van der Waals surface area contributed by atoms with E-state index >= 15 is 0 Å². The second-order valence-electron chi connectivity index (χ2n) is 3.30. The highest BCUT2D eigenvalue weighted by molar-refractivity contribution is 6.42. The van der Waals surface area contributed by atoms with Crippen molar-refractivity contribution in [3.8, 4) is 0 Å². The molecule has 0 aromatic rings. The van der Waals surface area contributed by atoms with Crippen molar-refractivity contribution < 1.29 is 4.12 Å². The lowest BCUT2D eigenvalue weighted by atomic mass is 10.3. The molecular weight excluding hydrogens is 192 g/mol. The molecule has 0 aliphatic rings. The van der Waals surface area contributed by atoms with E-state index in [1.54, 1.807) is 0 Å². The third-order valence-electron chi connectivity index (χ3n) is 1.91. The highest BCUT2D eigenvalue weighted by Crippen LogP contribution is 2.01. The van der Waals surface area contributed by atoms with Gasteiger partial charge < -0.3 is 4.12 Å². The molecule has 0 aromatic heterocycles. The van der Waals surface area contributed by atoms with Crippen LogP contribution >= 0.6 is 0 Å². The molecule has 0 saturated carbocycles. The summed E-state index contributed by atoms with van der Waals surface area (Å²) in [6.45, 7) is 4.49. The Morgan fingerprint density at radius 1 is 0.769 bits per heavy atom. The first-order chi connectivity index (χ1) is 6.41. The van der Waals surface area contributed by atoms with Crippen LogP contribution in [0, 0.1) is 0 Å². The van der Waals surface area contributed by atoms with Crippen molar-refractivity contribution in [2.75, 3.05) is 0 Å². The lowest BCUT2D eigenvalue weighted by molar-refractivity contribution is 0.613. The van der Waals surface area contributed by atoms with Crippen LogP contribution in [-0.4, -0.2) is 19.5 Å². The molecule has 4 radical (unpaired) electrons. The van der Waals surface area contributed by atoms with Gasteiger partial charge in [0.05, 0.1) is 0 Å². The second-order valence-corrected chi connectivity index (χ2v) is 5.70. The third kappa shape index (κ3) is 12.4. The van der Waals surface area contributed by atoms with Crippen LogP contribution < -0.4 is 0 Å². The Kier molecular flexibility index (Phi) is 12.8. The van der Waals surface area contributed by atoms with Gasteiger partial charge in [0.2, 0.25) is 19.5 Å². The molecule has 3 heteroatoms. The van der Waals surface area contributed by atoms with Gasteiger partial charge in [-0.3, -0.25) is 0 Å². The summed E-state index contributed by atoms with van der Waals surface area (Å²) < 4.78 is 5.58. The molecule has 0 N–H and O–H groups in total. The van der Waals surface area contributed by atoms with Gasteiger partial charge >= 0.3 is 0 Å². The molecule has 0 amide bonds. The molecule has 0 bridgehead atoms. The molecule has 0 aliphatic carbocycles. The van der Waals surface area contributed by atoms with Gasteiger partial charge in [-0.25, -0.2) is 0 Å². The summed E-state index contributed by atoms with van der Waals surface area (Å²) in [5, 5.41) is 0. The van der Waals surface area contributed by atoms with Gasteiger partial charge in [0.25, 0.3) is 0 Å². The quantitative estimate of drug-likeness (QED) is 0.400. The fourth-order valence-corrected chi connectivity index (χ4v) is 3.06. The first-order valence-electron chi connectivity index (χ1n) is 5.53. The van der Waals surface area contributed by atoms with Gasteiger partial charge in [-0.2, -0.15) is 0 Å². The molecule has 0 unspecified atom stereocenters.